The number of alkyl halides is 3. The SMILES string of the molecule is CC[C@H](C)[C@@H](NC(=O)NC(C)(C)CC(N)=O)C(F)(F)F. The van der Waals surface area contributed by atoms with E-state index in [1.54, 1.807) is 6.92 Å². The molecule has 3 amide bonds. The van der Waals surface area contributed by atoms with Gasteiger partial charge < -0.3 is 16.4 Å². The summed E-state index contributed by atoms with van der Waals surface area (Å²) in [7, 11) is 0. The van der Waals surface area contributed by atoms with Gasteiger partial charge in [0.05, 0.1) is 0 Å². The Balaban J connectivity index is 4.74. The van der Waals surface area contributed by atoms with Crippen LogP contribution in [0.3, 0.4) is 0 Å². The molecule has 2 atom stereocenters. The molecule has 0 bridgehead atoms. The highest BCUT2D eigenvalue weighted by molar-refractivity contribution is 5.78. The minimum Gasteiger partial charge on any atom is -0.370 e. The van der Waals surface area contributed by atoms with Gasteiger partial charge in [0.25, 0.3) is 0 Å². The Morgan fingerprint density at radius 2 is 1.75 bits per heavy atom. The molecule has 0 rings (SSSR count). The summed E-state index contributed by atoms with van der Waals surface area (Å²) in [4.78, 5) is 22.4. The third-order valence-corrected chi connectivity index (χ3v) is 2.92. The Labute approximate surface area is 116 Å². The van der Waals surface area contributed by atoms with Crippen LogP contribution in [-0.4, -0.2) is 29.7 Å². The van der Waals surface area contributed by atoms with Crippen LogP contribution in [0.5, 0.6) is 0 Å². The van der Waals surface area contributed by atoms with Crippen molar-refractivity contribution < 1.29 is 22.8 Å². The van der Waals surface area contributed by atoms with E-state index < -0.39 is 35.6 Å². The number of rotatable bonds is 6. The topological polar surface area (TPSA) is 84.2 Å². The normalized spacial score (nSPS) is 15.3. The standard InChI is InChI=1S/C12H22F3N3O2/c1-5-7(2)9(12(13,14)15)17-10(20)18-11(3,4)6-8(16)19/h7,9H,5-6H2,1-4H3,(H2,16,19)(H2,17,18,20)/t7-,9+/m0/s1. The first-order chi connectivity index (χ1) is 8.89. The summed E-state index contributed by atoms with van der Waals surface area (Å²) < 4.78 is 38.5. The Bertz CT molecular complexity index is 356. The van der Waals surface area contributed by atoms with E-state index in [0.717, 1.165) is 0 Å². The van der Waals surface area contributed by atoms with Crippen LogP contribution in [0.1, 0.15) is 40.5 Å². The smallest absolute Gasteiger partial charge is 0.370 e. The van der Waals surface area contributed by atoms with Gasteiger partial charge >= 0.3 is 12.2 Å². The number of nitrogens with one attached hydrogen (secondary N) is 2. The second-order valence-electron chi connectivity index (χ2n) is 5.53. The van der Waals surface area contributed by atoms with Gasteiger partial charge in [-0.1, -0.05) is 20.3 Å². The molecule has 0 aliphatic rings. The first-order valence-electron chi connectivity index (χ1n) is 6.32. The average Bonchev–Trinajstić information content (AvgIpc) is 2.20. The van der Waals surface area contributed by atoms with Gasteiger partial charge in [0.15, 0.2) is 0 Å². The maximum Gasteiger partial charge on any atom is 0.408 e. The molecule has 0 aliphatic heterocycles. The highest BCUT2D eigenvalue weighted by Crippen LogP contribution is 2.27. The van der Waals surface area contributed by atoms with Gasteiger partial charge in [-0.05, 0) is 19.8 Å². The number of halogens is 3. The Morgan fingerprint density at radius 3 is 2.10 bits per heavy atom. The van der Waals surface area contributed by atoms with Crippen LogP contribution >= 0.6 is 0 Å². The van der Waals surface area contributed by atoms with E-state index in [-0.39, 0.29) is 12.8 Å². The van der Waals surface area contributed by atoms with Gasteiger partial charge in [-0.2, -0.15) is 13.2 Å². The van der Waals surface area contributed by atoms with Gasteiger partial charge in [0.1, 0.15) is 6.04 Å². The quantitative estimate of drug-likeness (QED) is 0.699. The van der Waals surface area contributed by atoms with E-state index in [1.165, 1.54) is 20.8 Å². The van der Waals surface area contributed by atoms with Crippen molar-refractivity contribution in [3.8, 4) is 0 Å². The average molecular weight is 297 g/mol. The number of carbonyl (C=O) groups is 2. The van der Waals surface area contributed by atoms with Crippen LogP contribution in [0.2, 0.25) is 0 Å². The molecule has 0 heterocycles. The first-order valence-corrected chi connectivity index (χ1v) is 6.32. The number of carbonyl (C=O) groups excluding carboxylic acids is 2. The van der Waals surface area contributed by atoms with Gasteiger partial charge in [-0.25, -0.2) is 4.79 Å². The fourth-order valence-corrected chi connectivity index (χ4v) is 1.75. The lowest BCUT2D eigenvalue weighted by atomic mass is 9.98. The molecule has 4 N–H and O–H groups in total. The van der Waals surface area contributed by atoms with E-state index >= 15 is 0 Å². The lowest BCUT2D eigenvalue weighted by molar-refractivity contribution is -0.164. The second kappa shape index (κ2) is 6.81. The lowest BCUT2D eigenvalue weighted by Crippen LogP contribution is -2.57. The lowest BCUT2D eigenvalue weighted by Gasteiger charge is -2.30. The summed E-state index contributed by atoms with van der Waals surface area (Å²) >= 11 is 0. The van der Waals surface area contributed by atoms with Crippen LogP contribution in [0.25, 0.3) is 0 Å². The Hall–Kier alpha value is -1.47. The molecule has 0 spiro atoms. The van der Waals surface area contributed by atoms with Gasteiger partial charge in [-0.3, -0.25) is 4.79 Å². The van der Waals surface area contributed by atoms with E-state index in [1.807, 2.05) is 5.32 Å². The van der Waals surface area contributed by atoms with E-state index in [4.69, 9.17) is 5.73 Å². The van der Waals surface area contributed by atoms with Crippen molar-refractivity contribution in [2.24, 2.45) is 11.7 Å². The van der Waals surface area contributed by atoms with Crippen LogP contribution in [0.4, 0.5) is 18.0 Å². The summed E-state index contributed by atoms with van der Waals surface area (Å²) in [6.45, 7) is 6.03. The molecule has 0 radical (unpaired) electrons. The fraction of sp³-hybridized carbons (Fsp3) is 0.833. The van der Waals surface area contributed by atoms with Crippen molar-refractivity contribution in [1.29, 1.82) is 0 Å². The summed E-state index contributed by atoms with van der Waals surface area (Å²) in [5, 5.41) is 4.23. The van der Waals surface area contributed by atoms with Crippen molar-refractivity contribution in [3.63, 3.8) is 0 Å². The molecule has 0 aromatic rings. The highest BCUT2D eigenvalue weighted by Gasteiger charge is 2.43. The minimum atomic E-state index is -4.53. The largest absolute Gasteiger partial charge is 0.408 e. The minimum absolute atomic E-state index is 0.166. The van der Waals surface area contributed by atoms with E-state index in [2.05, 4.69) is 5.32 Å². The summed E-state index contributed by atoms with van der Waals surface area (Å²) in [5.41, 5.74) is 3.99. The second-order valence-corrected chi connectivity index (χ2v) is 5.53. The maximum atomic E-state index is 12.8. The summed E-state index contributed by atoms with van der Waals surface area (Å²) in [5.74, 6) is -1.40. The molecule has 0 saturated heterocycles. The number of hydrogen-bond donors (Lipinski definition) is 3. The van der Waals surface area contributed by atoms with Crippen LogP contribution in [-0.2, 0) is 4.79 Å². The maximum absolute atomic E-state index is 12.8. The number of primary amides is 1. The first kappa shape index (κ1) is 18.5. The molecular weight excluding hydrogens is 275 g/mol. The van der Waals surface area contributed by atoms with Crippen molar-refractivity contribution in [3.05, 3.63) is 0 Å². The van der Waals surface area contributed by atoms with Crippen molar-refractivity contribution >= 4 is 11.9 Å². The van der Waals surface area contributed by atoms with Gasteiger partial charge in [0.2, 0.25) is 5.91 Å². The number of hydrogen-bond acceptors (Lipinski definition) is 2. The number of urea groups is 1. The van der Waals surface area contributed by atoms with Crippen molar-refractivity contribution in [2.75, 3.05) is 0 Å². The number of amides is 3. The van der Waals surface area contributed by atoms with Crippen LogP contribution < -0.4 is 16.4 Å². The van der Waals surface area contributed by atoms with E-state index in [9.17, 15) is 22.8 Å². The monoisotopic (exact) mass is 297 g/mol. The molecular formula is C12H22F3N3O2. The molecule has 20 heavy (non-hydrogen) atoms. The molecule has 0 aromatic carbocycles. The zero-order chi connectivity index (χ0) is 16.1. The summed E-state index contributed by atoms with van der Waals surface area (Å²) in [6.07, 6.45) is -4.42. The van der Waals surface area contributed by atoms with Gasteiger partial charge in [-0.15, -0.1) is 0 Å². The molecule has 0 unspecified atom stereocenters. The molecule has 0 aromatic heterocycles. The molecule has 0 aliphatic carbocycles. The molecule has 5 nitrogen and oxygen atoms in total. The molecule has 8 heteroatoms. The van der Waals surface area contributed by atoms with Gasteiger partial charge in [0, 0.05) is 12.0 Å². The molecule has 0 saturated carbocycles. The van der Waals surface area contributed by atoms with Crippen molar-refractivity contribution in [1.82, 2.24) is 10.6 Å². The third-order valence-electron chi connectivity index (χ3n) is 2.92. The zero-order valence-electron chi connectivity index (χ0n) is 12.1. The molecule has 0 fully saturated rings. The van der Waals surface area contributed by atoms with Crippen LogP contribution in [0.15, 0.2) is 0 Å². The predicted octanol–water partition coefficient (Wildman–Crippen LogP) is 1.92. The van der Waals surface area contributed by atoms with Crippen LogP contribution in [0, 0.1) is 5.92 Å². The molecule has 118 valence electrons. The van der Waals surface area contributed by atoms with Crippen molar-refractivity contribution in [2.45, 2.75) is 58.3 Å². The highest BCUT2D eigenvalue weighted by atomic mass is 19.4. The van der Waals surface area contributed by atoms with E-state index in [0.29, 0.717) is 0 Å². The fourth-order valence-electron chi connectivity index (χ4n) is 1.75. The summed E-state index contributed by atoms with van der Waals surface area (Å²) in [6, 6.07) is -2.91. The number of nitrogens with two attached hydrogens (primary N) is 1. The zero-order valence-corrected chi connectivity index (χ0v) is 12.1. The third kappa shape index (κ3) is 6.63. The Morgan fingerprint density at radius 1 is 1.25 bits per heavy atom. The predicted molar refractivity (Wildman–Crippen MR) is 68.9 cm³/mol. The Kier molecular flexibility index (Phi) is 6.31.